The molecular formula is C10H17NO2S. The Morgan fingerprint density at radius 1 is 1.57 bits per heavy atom. The summed E-state index contributed by atoms with van der Waals surface area (Å²) in [6.07, 6.45) is 1.22. The van der Waals surface area contributed by atoms with Crippen LogP contribution in [-0.4, -0.2) is 46.1 Å². The molecule has 2 fully saturated rings. The molecule has 0 aromatic rings. The quantitative estimate of drug-likeness (QED) is 0.753. The summed E-state index contributed by atoms with van der Waals surface area (Å²) in [5.74, 6) is 0.582. The van der Waals surface area contributed by atoms with Gasteiger partial charge in [-0.2, -0.15) is 11.8 Å². The SMILES string of the molecule is CC1SCCC1N1CC(C)(C(=O)O)C1. The molecule has 4 heteroatoms. The summed E-state index contributed by atoms with van der Waals surface area (Å²) in [5, 5.41) is 9.66. The lowest BCUT2D eigenvalue weighted by atomic mass is 9.80. The van der Waals surface area contributed by atoms with Gasteiger partial charge in [0, 0.05) is 24.4 Å². The van der Waals surface area contributed by atoms with Crippen LogP contribution in [0.25, 0.3) is 0 Å². The molecule has 0 radical (unpaired) electrons. The fourth-order valence-electron chi connectivity index (χ4n) is 2.42. The topological polar surface area (TPSA) is 40.5 Å². The van der Waals surface area contributed by atoms with E-state index in [0.29, 0.717) is 11.3 Å². The number of carboxylic acid groups (broad SMARTS) is 1. The predicted octanol–water partition coefficient (Wildman–Crippen LogP) is 1.29. The van der Waals surface area contributed by atoms with Crippen LogP contribution in [0.5, 0.6) is 0 Å². The molecule has 2 aliphatic rings. The van der Waals surface area contributed by atoms with Crippen LogP contribution >= 0.6 is 11.8 Å². The molecule has 0 aromatic heterocycles. The van der Waals surface area contributed by atoms with Crippen molar-refractivity contribution in [3.05, 3.63) is 0 Å². The predicted molar refractivity (Wildman–Crippen MR) is 57.6 cm³/mol. The number of likely N-dealkylation sites (tertiary alicyclic amines) is 1. The summed E-state index contributed by atoms with van der Waals surface area (Å²) >= 11 is 2.00. The largest absolute Gasteiger partial charge is 0.481 e. The summed E-state index contributed by atoms with van der Waals surface area (Å²) in [7, 11) is 0. The summed E-state index contributed by atoms with van der Waals surface area (Å²) in [6, 6.07) is 0.618. The summed E-state index contributed by atoms with van der Waals surface area (Å²) < 4.78 is 0. The van der Waals surface area contributed by atoms with E-state index < -0.39 is 11.4 Å². The second-order valence-electron chi connectivity index (χ2n) is 4.70. The molecule has 0 aliphatic carbocycles. The van der Waals surface area contributed by atoms with Gasteiger partial charge in [0.05, 0.1) is 5.41 Å². The standard InChI is InChI=1S/C10H17NO2S/c1-7-8(3-4-14-7)11-5-10(2,6-11)9(12)13/h7-8H,3-6H2,1-2H3,(H,12,13). The molecule has 2 heterocycles. The summed E-state index contributed by atoms with van der Waals surface area (Å²) in [6.45, 7) is 5.56. The van der Waals surface area contributed by atoms with Gasteiger partial charge in [-0.25, -0.2) is 0 Å². The van der Waals surface area contributed by atoms with Gasteiger partial charge in [-0.15, -0.1) is 0 Å². The van der Waals surface area contributed by atoms with Gasteiger partial charge >= 0.3 is 5.97 Å². The first-order valence-corrected chi connectivity index (χ1v) is 6.17. The molecule has 2 rings (SSSR count). The maximum atomic E-state index is 10.9. The first-order chi connectivity index (χ1) is 6.53. The molecular weight excluding hydrogens is 198 g/mol. The molecule has 0 bridgehead atoms. The minimum atomic E-state index is -0.646. The summed E-state index contributed by atoms with van der Waals surface area (Å²) in [5.41, 5.74) is -0.479. The Morgan fingerprint density at radius 2 is 2.21 bits per heavy atom. The molecule has 3 nitrogen and oxygen atoms in total. The van der Waals surface area contributed by atoms with Gasteiger partial charge in [-0.05, 0) is 19.1 Å². The van der Waals surface area contributed by atoms with Crippen molar-refractivity contribution in [1.29, 1.82) is 0 Å². The molecule has 0 amide bonds. The first kappa shape index (κ1) is 10.3. The lowest BCUT2D eigenvalue weighted by molar-refractivity contribution is -0.160. The third kappa shape index (κ3) is 1.54. The van der Waals surface area contributed by atoms with Crippen molar-refractivity contribution in [2.24, 2.45) is 5.41 Å². The van der Waals surface area contributed by atoms with Crippen LogP contribution in [0.3, 0.4) is 0 Å². The van der Waals surface area contributed by atoms with E-state index in [1.807, 2.05) is 18.7 Å². The van der Waals surface area contributed by atoms with Gasteiger partial charge < -0.3 is 5.11 Å². The highest BCUT2D eigenvalue weighted by Gasteiger charge is 2.49. The Bertz CT molecular complexity index is 251. The van der Waals surface area contributed by atoms with Gasteiger partial charge in [-0.1, -0.05) is 6.92 Å². The van der Waals surface area contributed by atoms with Crippen LogP contribution in [0.15, 0.2) is 0 Å². The van der Waals surface area contributed by atoms with E-state index >= 15 is 0 Å². The van der Waals surface area contributed by atoms with E-state index in [-0.39, 0.29) is 0 Å². The average molecular weight is 215 g/mol. The number of nitrogens with zero attached hydrogens (tertiary/aromatic N) is 1. The smallest absolute Gasteiger partial charge is 0.311 e. The van der Waals surface area contributed by atoms with Crippen molar-refractivity contribution < 1.29 is 9.90 Å². The Morgan fingerprint density at radius 3 is 2.64 bits per heavy atom. The molecule has 0 aromatic carbocycles. The number of thioether (sulfide) groups is 1. The Kier molecular flexibility index (Phi) is 2.52. The van der Waals surface area contributed by atoms with Gasteiger partial charge in [0.25, 0.3) is 0 Å². The van der Waals surface area contributed by atoms with Crippen LogP contribution in [0.1, 0.15) is 20.3 Å². The Hall–Kier alpha value is -0.220. The number of rotatable bonds is 2. The van der Waals surface area contributed by atoms with E-state index in [9.17, 15) is 4.79 Å². The van der Waals surface area contributed by atoms with E-state index in [2.05, 4.69) is 11.8 Å². The second kappa shape index (κ2) is 3.42. The number of hydrogen-bond acceptors (Lipinski definition) is 3. The molecule has 14 heavy (non-hydrogen) atoms. The van der Waals surface area contributed by atoms with E-state index in [1.54, 1.807) is 0 Å². The Balaban J connectivity index is 1.91. The van der Waals surface area contributed by atoms with Crippen LogP contribution in [0.2, 0.25) is 0 Å². The average Bonchev–Trinajstić information content (AvgIpc) is 2.45. The monoisotopic (exact) mass is 215 g/mol. The number of aliphatic carboxylic acids is 1. The molecule has 2 saturated heterocycles. The fourth-order valence-corrected chi connectivity index (χ4v) is 3.70. The minimum Gasteiger partial charge on any atom is -0.481 e. The van der Waals surface area contributed by atoms with Gasteiger partial charge in [0.2, 0.25) is 0 Å². The third-order valence-corrected chi connectivity index (χ3v) is 4.74. The van der Waals surface area contributed by atoms with Crippen molar-refractivity contribution in [1.82, 2.24) is 4.90 Å². The molecule has 80 valence electrons. The highest BCUT2D eigenvalue weighted by atomic mass is 32.2. The van der Waals surface area contributed by atoms with Crippen molar-refractivity contribution in [3.8, 4) is 0 Å². The number of carbonyl (C=O) groups is 1. The van der Waals surface area contributed by atoms with Crippen LogP contribution in [0.4, 0.5) is 0 Å². The lowest BCUT2D eigenvalue weighted by Crippen LogP contribution is -2.62. The molecule has 2 aliphatic heterocycles. The minimum absolute atomic E-state index is 0.479. The molecule has 0 saturated carbocycles. The Labute approximate surface area is 88.9 Å². The van der Waals surface area contributed by atoms with Crippen LogP contribution in [-0.2, 0) is 4.79 Å². The fraction of sp³-hybridized carbons (Fsp3) is 0.900. The zero-order valence-corrected chi connectivity index (χ0v) is 9.51. The van der Waals surface area contributed by atoms with Crippen LogP contribution < -0.4 is 0 Å². The van der Waals surface area contributed by atoms with E-state index in [4.69, 9.17) is 5.11 Å². The first-order valence-electron chi connectivity index (χ1n) is 5.12. The summed E-state index contributed by atoms with van der Waals surface area (Å²) in [4.78, 5) is 13.2. The van der Waals surface area contributed by atoms with Crippen molar-refractivity contribution in [2.45, 2.75) is 31.6 Å². The van der Waals surface area contributed by atoms with E-state index in [1.165, 1.54) is 12.2 Å². The second-order valence-corrected chi connectivity index (χ2v) is 6.19. The van der Waals surface area contributed by atoms with Gasteiger partial charge in [0.15, 0.2) is 0 Å². The zero-order valence-electron chi connectivity index (χ0n) is 8.69. The van der Waals surface area contributed by atoms with Crippen molar-refractivity contribution in [3.63, 3.8) is 0 Å². The van der Waals surface area contributed by atoms with Gasteiger partial charge in [-0.3, -0.25) is 9.69 Å². The zero-order chi connectivity index (χ0) is 10.3. The lowest BCUT2D eigenvalue weighted by Gasteiger charge is -2.49. The van der Waals surface area contributed by atoms with Crippen molar-refractivity contribution >= 4 is 17.7 Å². The van der Waals surface area contributed by atoms with Gasteiger partial charge in [0.1, 0.15) is 0 Å². The molecule has 1 N–H and O–H groups in total. The number of hydrogen-bond donors (Lipinski definition) is 1. The molecule has 0 spiro atoms. The van der Waals surface area contributed by atoms with Crippen LogP contribution in [0, 0.1) is 5.41 Å². The van der Waals surface area contributed by atoms with E-state index in [0.717, 1.165) is 13.1 Å². The third-order valence-electron chi connectivity index (χ3n) is 3.43. The normalized spacial score (nSPS) is 36.7. The number of carboxylic acids is 1. The highest BCUT2D eigenvalue weighted by molar-refractivity contribution is 8.00. The maximum absolute atomic E-state index is 10.9. The van der Waals surface area contributed by atoms with Crippen molar-refractivity contribution in [2.75, 3.05) is 18.8 Å². The maximum Gasteiger partial charge on any atom is 0.311 e. The molecule has 2 unspecified atom stereocenters. The highest BCUT2D eigenvalue weighted by Crippen LogP contribution is 2.38. The molecule has 2 atom stereocenters.